The van der Waals surface area contributed by atoms with E-state index in [0.29, 0.717) is 0 Å². The highest BCUT2D eigenvalue weighted by Crippen LogP contribution is 2.13. The van der Waals surface area contributed by atoms with Crippen molar-refractivity contribution in [3.8, 4) is 0 Å². The number of aryl methyl sites for hydroxylation is 1. The van der Waals surface area contributed by atoms with Crippen molar-refractivity contribution in [2.45, 2.75) is 13.5 Å². The molecule has 0 atom stereocenters. The molecule has 0 aliphatic carbocycles. The van der Waals surface area contributed by atoms with Gasteiger partial charge in [-0.3, -0.25) is 0 Å². The van der Waals surface area contributed by atoms with Gasteiger partial charge in [-0.15, -0.1) is 0 Å². The Morgan fingerprint density at radius 2 is 2.24 bits per heavy atom. The molecule has 0 spiro atoms. The average Bonchev–Trinajstić information content (AvgIpc) is 2.65. The second-order valence-electron chi connectivity index (χ2n) is 4.47. The summed E-state index contributed by atoms with van der Waals surface area (Å²) in [4.78, 5) is 14.0. The summed E-state index contributed by atoms with van der Waals surface area (Å²) in [5.74, 6) is 0.910. The van der Waals surface area contributed by atoms with Crippen LogP contribution < -0.4 is 5.32 Å². The van der Waals surface area contributed by atoms with Gasteiger partial charge in [0.25, 0.3) is 0 Å². The number of imidazole rings is 1. The van der Waals surface area contributed by atoms with Gasteiger partial charge >= 0.3 is 0 Å². The van der Waals surface area contributed by atoms with Crippen molar-refractivity contribution in [1.82, 2.24) is 25.2 Å². The Hall–Kier alpha value is -1.46. The number of nitrogens with zero attached hydrogens (tertiary/aromatic N) is 3. The van der Waals surface area contributed by atoms with Gasteiger partial charge in [0.15, 0.2) is 5.65 Å². The largest absolute Gasteiger partial charge is 0.341 e. The van der Waals surface area contributed by atoms with Crippen molar-refractivity contribution in [3.63, 3.8) is 0 Å². The molecule has 0 amide bonds. The Morgan fingerprint density at radius 1 is 1.41 bits per heavy atom. The fourth-order valence-electron chi connectivity index (χ4n) is 1.75. The van der Waals surface area contributed by atoms with Crippen LogP contribution >= 0.6 is 0 Å². The van der Waals surface area contributed by atoms with Crippen molar-refractivity contribution in [3.05, 3.63) is 23.7 Å². The second-order valence-corrected chi connectivity index (χ2v) is 4.47. The van der Waals surface area contributed by atoms with Crippen molar-refractivity contribution >= 4 is 11.2 Å². The van der Waals surface area contributed by atoms with Gasteiger partial charge in [-0.25, -0.2) is 9.97 Å². The molecule has 2 rings (SSSR count). The minimum absolute atomic E-state index is 0.800. The normalized spacial score (nSPS) is 11.5. The number of likely N-dealkylation sites (N-methyl/N-ethyl adjacent to an activating group) is 1. The van der Waals surface area contributed by atoms with E-state index in [1.54, 1.807) is 0 Å². The molecule has 17 heavy (non-hydrogen) atoms. The lowest BCUT2D eigenvalue weighted by Crippen LogP contribution is -2.26. The van der Waals surface area contributed by atoms with Crippen LogP contribution in [0, 0.1) is 6.92 Å². The first-order valence-electron chi connectivity index (χ1n) is 5.82. The number of nitrogens with one attached hydrogen (secondary N) is 2. The third-order valence-electron chi connectivity index (χ3n) is 2.65. The Bertz CT molecular complexity index is 489. The van der Waals surface area contributed by atoms with Gasteiger partial charge in [-0.1, -0.05) is 0 Å². The zero-order valence-corrected chi connectivity index (χ0v) is 10.6. The molecular formula is C12H19N5. The zero-order valence-electron chi connectivity index (χ0n) is 10.6. The molecule has 2 N–H and O–H groups in total. The molecule has 92 valence electrons. The van der Waals surface area contributed by atoms with Crippen molar-refractivity contribution in [1.29, 1.82) is 0 Å². The lowest BCUT2D eigenvalue weighted by atomic mass is 10.2. The van der Waals surface area contributed by atoms with Gasteiger partial charge in [0.05, 0.1) is 5.52 Å². The third-order valence-corrected chi connectivity index (χ3v) is 2.65. The number of hydrogen-bond donors (Lipinski definition) is 2. The molecule has 2 aromatic rings. The molecule has 0 saturated heterocycles. The molecule has 2 heterocycles. The van der Waals surface area contributed by atoms with Gasteiger partial charge in [0, 0.05) is 25.8 Å². The van der Waals surface area contributed by atoms with Gasteiger partial charge in [0.1, 0.15) is 5.82 Å². The summed E-state index contributed by atoms with van der Waals surface area (Å²) >= 11 is 0. The van der Waals surface area contributed by atoms with Gasteiger partial charge in [-0.05, 0) is 32.6 Å². The van der Waals surface area contributed by atoms with Crippen LogP contribution in [0.3, 0.4) is 0 Å². The van der Waals surface area contributed by atoms with E-state index in [2.05, 4.69) is 39.3 Å². The molecule has 0 radical (unpaired) electrons. The molecule has 5 nitrogen and oxygen atoms in total. The molecule has 0 fully saturated rings. The van der Waals surface area contributed by atoms with Gasteiger partial charge in [0.2, 0.25) is 0 Å². The van der Waals surface area contributed by atoms with Crippen LogP contribution in [0.15, 0.2) is 12.3 Å². The molecule has 0 saturated carbocycles. The van der Waals surface area contributed by atoms with Crippen LogP contribution in [0.4, 0.5) is 0 Å². The number of H-pyrrole nitrogens is 1. The minimum Gasteiger partial charge on any atom is -0.341 e. The summed E-state index contributed by atoms with van der Waals surface area (Å²) in [6.45, 7) is 4.81. The molecule has 0 unspecified atom stereocenters. The van der Waals surface area contributed by atoms with E-state index in [1.807, 2.05) is 19.2 Å². The number of fused-ring (bicyclic) bond motifs is 1. The van der Waals surface area contributed by atoms with Crippen LogP contribution in [0.5, 0.6) is 0 Å². The maximum Gasteiger partial charge on any atom is 0.177 e. The van der Waals surface area contributed by atoms with Crippen LogP contribution in [0.25, 0.3) is 11.2 Å². The fourth-order valence-corrected chi connectivity index (χ4v) is 1.75. The summed E-state index contributed by atoms with van der Waals surface area (Å²) < 4.78 is 0. The van der Waals surface area contributed by atoms with E-state index in [0.717, 1.165) is 36.6 Å². The van der Waals surface area contributed by atoms with E-state index in [9.17, 15) is 0 Å². The second kappa shape index (κ2) is 5.25. The minimum atomic E-state index is 0.800. The number of pyridine rings is 1. The molecule has 0 aliphatic heterocycles. The lowest BCUT2D eigenvalue weighted by Gasteiger charge is -2.10. The molecule has 0 bridgehead atoms. The monoisotopic (exact) mass is 233 g/mol. The van der Waals surface area contributed by atoms with Crippen molar-refractivity contribution in [2.24, 2.45) is 0 Å². The van der Waals surface area contributed by atoms with E-state index >= 15 is 0 Å². The van der Waals surface area contributed by atoms with E-state index in [4.69, 9.17) is 0 Å². The Labute approximate surface area is 101 Å². The zero-order chi connectivity index (χ0) is 12.3. The van der Waals surface area contributed by atoms with Gasteiger partial charge in [-0.2, -0.15) is 0 Å². The maximum absolute atomic E-state index is 4.33. The maximum atomic E-state index is 4.33. The highest BCUT2D eigenvalue weighted by atomic mass is 15.1. The van der Waals surface area contributed by atoms with Gasteiger partial charge < -0.3 is 15.2 Å². The Balaban J connectivity index is 2.03. The summed E-state index contributed by atoms with van der Waals surface area (Å²) in [6.07, 6.45) is 1.81. The highest BCUT2D eigenvalue weighted by Gasteiger charge is 2.05. The molecule has 2 aromatic heterocycles. The first kappa shape index (κ1) is 12.0. The van der Waals surface area contributed by atoms with Crippen LogP contribution in [0.2, 0.25) is 0 Å². The highest BCUT2D eigenvalue weighted by molar-refractivity contribution is 5.74. The molecule has 0 aliphatic rings. The van der Waals surface area contributed by atoms with Crippen LogP contribution in [-0.4, -0.2) is 47.0 Å². The van der Waals surface area contributed by atoms with Crippen LogP contribution in [0.1, 0.15) is 11.4 Å². The first-order valence-corrected chi connectivity index (χ1v) is 5.82. The quantitative estimate of drug-likeness (QED) is 0.754. The first-order chi connectivity index (χ1) is 8.16. The van der Waals surface area contributed by atoms with Crippen molar-refractivity contribution in [2.75, 3.05) is 27.2 Å². The summed E-state index contributed by atoms with van der Waals surface area (Å²) in [7, 11) is 4.15. The van der Waals surface area contributed by atoms with E-state index in [1.165, 1.54) is 5.56 Å². The van der Waals surface area contributed by atoms with E-state index in [-0.39, 0.29) is 0 Å². The number of hydrogen-bond acceptors (Lipinski definition) is 4. The molecule has 0 aromatic carbocycles. The average molecular weight is 233 g/mol. The summed E-state index contributed by atoms with van der Waals surface area (Å²) in [5, 5.41) is 3.42. The number of aromatic nitrogens is 3. The lowest BCUT2D eigenvalue weighted by molar-refractivity contribution is 0.400. The topological polar surface area (TPSA) is 56.8 Å². The molecule has 5 heteroatoms. The predicted molar refractivity (Wildman–Crippen MR) is 68.9 cm³/mol. The van der Waals surface area contributed by atoms with Crippen molar-refractivity contribution < 1.29 is 0 Å². The molecular weight excluding hydrogens is 214 g/mol. The third kappa shape index (κ3) is 3.01. The number of aromatic amines is 1. The SMILES string of the molecule is Cc1nc2nccc(CNCCN(C)C)c2[nH]1. The van der Waals surface area contributed by atoms with Crippen LogP contribution in [-0.2, 0) is 6.54 Å². The Kier molecular flexibility index (Phi) is 3.71. The number of rotatable bonds is 5. The predicted octanol–water partition coefficient (Wildman–Crippen LogP) is 0.918. The summed E-state index contributed by atoms with van der Waals surface area (Å²) in [6, 6.07) is 2.03. The van der Waals surface area contributed by atoms with E-state index < -0.39 is 0 Å². The smallest absolute Gasteiger partial charge is 0.177 e. The Morgan fingerprint density at radius 3 is 3.00 bits per heavy atom. The fraction of sp³-hybridized carbons (Fsp3) is 0.500. The standard InChI is InChI=1S/C12H19N5/c1-9-15-11-10(4-5-14-12(11)16-9)8-13-6-7-17(2)3/h4-5,13H,6-8H2,1-3H3,(H,14,15,16). The summed E-state index contributed by atoms with van der Waals surface area (Å²) in [5.41, 5.74) is 3.06.